The van der Waals surface area contributed by atoms with Crippen LogP contribution in [-0.2, 0) is 85.1 Å². The number of unbranched alkanes of at least 4 members (excludes halogenated alkanes) is 26. The summed E-state index contributed by atoms with van der Waals surface area (Å²) in [6, 6.07) is 4.29. The van der Waals surface area contributed by atoms with Gasteiger partial charge in [0, 0.05) is 117 Å². The van der Waals surface area contributed by atoms with E-state index in [-0.39, 0.29) is 117 Å². The minimum Gasteiger partial charge on any atom is -0.756 e. The summed E-state index contributed by atoms with van der Waals surface area (Å²) < 4.78 is 98.6. The Morgan fingerprint density at radius 1 is 0.564 bits per heavy atom. The van der Waals surface area contributed by atoms with Gasteiger partial charge in [0.15, 0.2) is 11.6 Å². The van der Waals surface area contributed by atoms with E-state index < -0.39 is 62.8 Å². The first-order valence-corrected chi connectivity index (χ1v) is 42.1. The molecule has 28 nitrogen and oxygen atoms in total. The van der Waals surface area contributed by atoms with Crippen molar-refractivity contribution >= 4 is 61.7 Å². The van der Waals surface area contributed by atoms with Gasteiger partial charge < -0.3 is 61.8 Å². The van der Waals surface area contributed by atoms with Gasteiger partial charge in [-0.15, -0.1) is 0 Å². The maximum atomic E-state index is 16.4. The monoisotopic (exact) mass is 1660 g/mol. The third-order valence-electron chi connectivity index (χ3n) is 18.8. The zero-order valence-electron chi connectivity index (χ0n) is 66.9. The molecular formula is C77H127F2N15O13P2Y. The van der Waals surface area contributed by atoms with E-state index >= 15 is 8.78 Å². The fourth-order valence-corrected chi connectivity index (χ4v) is 15.7. The Morgan fingerprint density at radius 2 is 0.900 bits per heavy atom. The van der Waals surface area contributed by atoms with Crippen molar-refractivity contribution in [2.75, 3.05) is 56.8 Å². The van der Waals surface area contributed by atoms with Gasteiger partial charge in [0.2, 0.25) is 11.9 Å². The zero-order valence-corrected chi connectivity index (χ0v) is 71.5. The topological polar surface area (TPSA) is 440 Å². The number of fused-ring (bicyclic) bond motifs is 2. The molecule has 1 radical (unpaired) electrons. The fraction of sp³-hybridized carbons (Fsp3) is 0.675. The molecule has 0 bridgehead atoms. The molecule has 33 heteroatoms. The van der Waals surface area contributed by atoms with Crippen molar-refractivity contribution in [1.29, 1.82) is 5.26 Å². The molecule has 0 spiro atoms. The minimum atomic E-state index is -4.65. The molecule has 2 aliphatic rings. The van der Waals surface area contributed by atoms with Crippen molar-refractivity contribution in [2.24, 2.45) is 0 Å². The van der Waals surface area contributed by atoms with E-state index in [4.69, 9.17) is 37.4 Å². The van der Waals surface area contributed by atoms with Gasteiger partial charge >= 0.3 is 19.9 Å². The molecule has 4 atom stereocenters. The van der Waals surface area contributed by atoms with E-state index in [0.29, 0.717) is 90.7 Å². The second-order valence-corrected chi connectivity index (χ2v) is 31.5. The number of benzene rings is 2. The van der Waals surface area contributed by atoms with Crippen molar-refractivity contribution < 1.29 is 103 Å². The molecule has 110 heavy (non-hydrogen) atoms. The average molecular weight is 1660 g/mol. The summed E-state index contributed by atoms with van der Waals surface area (Å²) in [6.45, 7) is 16.5. The van der Waals surface area contributed by atoms with Gasteiger partial charge in [-0.1, -0.05) is 181 Å². The fourth-order valence-electron chi connectivity index (χ4n) is 13.1. The molecule has 615 valence electrons. The summed E-state index contributed by atoms with van der Waals surface area (Å²) in [7, 11) is -8.76. The van der Waals surface area contributed by atoms with Gasteiger partial charge in [0.05, 0.1) is 66.6 Å². The number of phosphoric acid groups is 2. The maximum Gasteiger partial charge on any atom is 0.475 e. The normalized spacial score (nSPS) is 15.3. The quantitative estimate of drug-likeness (QED) is 0.0130. The predicted octanol–water partition coefficient (Wildman–Crippen LogP) is 20.0. The summed E-state index contributed by atoms with van der Waals surface area (Å²) in [4.78, 5) is 69.7. The van der Waals surface area contributed by atoms with Crippen LogP contribution in [0.4, 0.5) is 30.3 Å². The molecule has 2 aromatic carbocycles. The number of anilines is 2. The number of nitrogens with one attached hydrogen (secondary N) is 6. The molecule has 6 heterocycles. The Labute approximate surface area is 675 Å². The Hall–Kier alpha value is -5.45. The van der Waals surface area contributed by atoms with Crippen molar-refractivity contribution in [3.8, 4) is 28.3 Å². The Kier molecular flexibility index (Phi) is 46.8. The van der Waals surface area contributed by atoms with E-state index in [0.717, 1.165) is 51.4 Å². The van der Waals surface area contributed by atoms with Crippen molar-refractivity contribution in [3.05, 3.63) is 71.3 Å². The summed E-state index contributed by atoms with van der Waals surface area (Å²) in [5.41, 5.74) is 0.734. The number of nitriles is 1. The predicted molar refractivity (Wildman–Crippen MR) is 422 cm³/mol. The maximum absolute atomic E-state index is 16.4. The molecule has 4 amide bonds. The van der Waals surface area contributed by atoms with E-state index in [1.54, 1.807) is 53.7 Å². The van der Waals surface area contributed by atoms with Crippen LogP contribution in [0, 0.1) is 23.0 Å². The van der Waals surface area contributed by atoms with Crippen LogP contribution >= 0.6 is 15.6 Å². The molecule has 2 unspecified atom stereocenters. The molecule has 4 aromatic heterocycles. The number of phosphoric ester groups is 2. The van der Waals surface area contributed by atoms with Gasteiger partial charge in [0.1, 0.15) is 22.8 Å². The number of imidazole rings is 2. The number of urea groups is 2. The average Bonchev–Trinajstić information content (AvgIpc) is 1.59. The number of nitrogens with zero attached hydrogens (tertiary/aromatic N) is 7. The number of aromatic amines is 2. The molecule has 0 aliphatic carbocycles. The van der Waals surface area contributed by atoms with E-state index in [1.165, 1.54) is 153 Å². The third kappa shape index (κ3) is 32.4. The number of H-pyrrole nitrogens is 2. The number of hydrogen-bond acceptors (Lipinski definition) is 20. The standard InChI is InChI=1S/C40H61FN7O6P.C37H58FN6O6P.2H3N.H2O.Y/c1-5-7-8-9-10-11-12-13-14-15-16-17-18-19-25-52-55(50,53-26-21-23-42)54-40(3,4)37-44-28-30(29-45-37)31-27-32-36(34(35(31)41)33-22-20-24-51-33)47-38(46-32)48-39(49)43-6-2;1-5-7-8-9-10-11-12-13-14-15-16-17-18-19-23-49-51(46,47)50-37(3,4)34-40-25-27(26-41-34)28-24-29-33(31(32(28)38)30-21-20-22-48-30)43-35(42-29)44-36(45)39-6-2;;;;/h27-29,33H,5-22,24-26H2,1-4H3,(H3,43,46,47,48,49);24-26,30H,5-23H2,1-4H3,(H,46,47)(H3,39,42,43,44,45);2*1H3;1H2;/t33-,55?;30-;;;;/m11..../s1. The molecular weight excluding hydrogens is 1530 g/mol. The van der Waals surface area contributed by atoms with Gasteiger partial charge in [-0.3, -0.25) is 28.8 Å². The number of amides is 4. The van der Waals surface area contributed by atoms with Gasteiger partial charge in [0.25, 0.3) is 7.82 Å². The molecule has 8 rings (SSSR count). The molecule has 2 saturated heterocycles. The van der Waals surface area contributed by atoms with Crippen molar-refractivity contribution in [3.63, 3.8) is 0 Å². The number of aromatic nitrogens is 8. The number of rotatable bonds is 49. The van der Waals surface area contributed by atoms with Crippen LogP contribution in [0.3, 0.4) is 0 Å². The van der Waals surface area contributed by atoms with Gasteiger partial charge in [-0.2, -0.15) is 5.26 Å². The number of carbonyl (C=O) groups is 2. The SMILES string of the molecule is CCCCCCCCCCCCCCCCOP(=O)(OCCC#N)OC(C)(C)c1ncc(-c2cc3[nH]c(NC(=O)NCC)nc3c([C@H]3CCCO3)c2F)cn1.CCCCCCCCCCCCCCCCOP(=O)([O-])OC(C)(C)c1ncc(-c2cc3[nH]c(NC(=O)NCC)nc3c([C@H]3CCCO3)c2F)cn1.N.O.[NH4+].[Y]. The van der Waals surface area contributed by atoms with Crippen LogP contribution in [0.5, 0.6) is 0 Å². The molecule has 6 aromatic rings. The minimum absolute atomic E-state index is 0. The summed E-state index contributed by atoms with van der Waals surface area (Å²) in [6.07, 6.45) is 41.6. The summed E-state index contributed by atoms with van der Waals surface area (Å²) >= 11 is 0. The zero-order chi connectivity index (χ0) is 76.2. The van der Waals surface area contributed by atoms with E-state index in [9.17, 15) is 23.6 Å². The molecule has 2 aliphatic heterocycles. The Morgan fingerprint density at radius 3 is 1.24 bits per heavy atom. The van der Waals surface area contributed by atoms with E-state index in [1.807, 2.05) is 6.07 Å². The molecule has 0 saturated carbocycles. The number of halogens is 2. The van der Waals surface area contributed by atoms with Crippen molar-refractivity contribution in [2.45, 2.75) is 291 Å². The smallest absolute Gasteiger partial charge is 0.475 e. The van der Waals surface area contributed by atoms with Crippen LogP contribution in [-0.4, -0.2) is 104 Å². The van der Waals surface area contributed by atoms with Crippen LogP contribution in [0.1, 0.15) is 302 Å². The van der Waals surface area contributed by atoms with Crippen LogP contribution in [0.25, 0.3) is 44.3 Å². The van der Waals surface area contributed by atoms with Gasteiger partial charge in [-0.05, 0) is 92.2 Å². The first-order valence-electron chi connectivity index (χ1n) is 39.2. The molecule has 15 N–H and O–H groups in total. The number of carbonyl (C=O) groups excluding carboxylic acids is 2. The Balaban J connectivity index is 0.000000552. The summed E-state index contributed by atoms with van der Waals surface area (Å²) in [5.74, 6) is -0.427. The first-order chi connectivity index (χ1) is 51.1. The van der Waals surface area contributed by atoms with Crippen LogP contribution in [0.2, 0.25) is 0 Å². The van der Waals surface area contributed by atoms with Crippen LogP contribution in [0.15, 0.2) is 36.9 Å². The summed E-state index contributed by atoms with van der Waals surface area (Å²) in [5, 5.41) is 19.6. The largest absolute Gasteiger partial charge is 0.756 e. The Bertz CT molecular complexity index is 3770. The van der Waals surface area contributed by atoms with Crippen molar-refractivity contribution in [1.82, 2.24) is 62.8 Å². The third-order valence-corrected chi connectivity index (χ3v) is 21.6. The van der Waals surface area contributed by atoms with Gasteiger partial charge in [-0.25, -0.2) is 52.8 Å². The second-order valence-electron chi connectivity index (χ2n) is 28.5. The number of ether oxygens (including phenoxy) is 2. The first kappa shape index (κ1) is 98.7. The number of quaternary nitrogens is 1. The second kappa shape index (κ2) is 52.1. The number of hydrogen-bond donors (Lipinski definition) is 8. The molecule has 2 fully saturated rings. The van der Waals surface area contributed by atoms with E-state index in [2.05, 4.69) is 75.0 Å². The van der Waals surface area contributed by atoms with Crippen LogP contribution < -0.4 is 38.5 Å².